The molecule has 3 aromatic carbocycles. The Kier molecular flexibility index (Phi) is 6.78. The second-order valence-electron chi connectivity index (χ2n) is 8.08. The number of rotatable bonds is 7. The third-order valence-corrected chi connectivity index (χ3v) is 5.96. The summed E-state index contributed by atoms with van der Waals surface area (Å²) < 4.78 is 30.0. The molecule has 0 aromatic heterocycles. The first-order valence-electron chi connectivity index (χ1n) is 11.0. The third kappa shape index (κ3) is 4.84. The maximum absolute atomic E-state index is 14.2. The minimum absolute atomic E-state index is 0.0685. The Morgan fingerprint density at radius 3 is 2.34 bits per heavy atom. The number of carbonyl (C=O) groups excluding carboxylic acids is 1. The maximum Gasteiger partial charge on any atom is 0.228 e. The highest BCUT2D eigenvalue weighted by Gasteiger charge is 2.26. The van der Waals surface area contributed by atoms with Crippen molar-refractivity contribution in [3.05, 3.63) is 82.7 Å². The van der Waals surface area contributed by atoms with E-state index in [9.17, 15) is 14.3 Å². The van der Waals surface area contributed by atoms with Crippen molar-refractivity contribution in [2.24, 2.45) is 0 Å². The molecule has 180 valence electrons. The van der Waals surface area contributed by atoms with Gasteiger partial charge in [-0.1, -0.05) is 12.1 Å². The van der Waals surface area contributed by atoms with Crippen molar-refractivity contribution in [2.45, 2.75) is 13.3 Å². The number of allylic oxidation sites excluding steroid dienone is 2. The first-order valence-corrected chi connectivity index (χ1v) is 11.0. The molecule has 0 unspecified atom stereocenters. The Bertz CT molecular complexity index is 1330. The molecule has 2 N–H and O–H groups in total. The van der Waals surface area contributed by atoms with Crippen molar-refractivity contribution in [1.29, 1.82) is 0 Å². The van der Waals surface area contributed by atoms with Gasteiger partial charge in [0.15, 0.2) is 11.5 Å². The van der Waals surface area contributed by atoms with Crippen molar-refractivity contribution in [2.75, 3.05) is 26.6 Å². The normalized spacial score (nSPS) is 13.6. The molecule has 7 heteroatoms. The van der Waals surface area contributed by atoms with Crippen LogP contribution < -0.4 is 19.5 Å². The fraction of sp³-hybridized carbons (Fsp3) is 0.179. The van der Waals surface area contributed by atoms with Gasteiger partial charge < -0.3 is 24.6 Å². The molecule has 1 aliphatic carbocycles. The number of amides is 1. The number of ether oxygens (including phenoxy) is 3. The van der Waals surface area contributed by atoms with Crippen LogP contribution in [0.1, 0.15) is 30.0 Å². The van der Waals surface area contributed by atoms with E-state index in [0.29, 0.717) is 17.0 Å². The van der Waals surface area contributed by atoms with Gasteiger partial charge in [0, 0.05) is 11.8 Å². The van der Waals surface area contributed by atoms with Crippen LogP contribution in [0.15, 0.2) is 60.2 Å². The minimum atomic E-state index is -0.378. The standard InChI is InChI=1S/C28H26FNO5/c1-16-22(10-17-11-25(34-3)28(32)26(12-17)35-4)21-9-8-18(29)13-24(21)23(16)15-27(31)30-19-6-5-7-20(14-19)33-2/h5-14,32H,15H2,1-4H3,(H,30,31)/b22-10-. The van der Waals surface area contributed by atoms with Gasteiger partial charge in [0.05, 0.1) is 27.8 Å². The van der Waals surface area contributed by atoms with Crippen LogP contribution in [0.5, 0.6) is 23.0 Å². The number of phenols is 1. The van der Waals surface area contributed by atoms with Gasteiger partial charge in [-0.05, 0) is 82.8 Å². The maximum atomic E-state index is 14.2. The Labute approximate surface area is 203 Å². The van der Waals surface area contributed by atoms with Crippen LogP contribution in [0.3, 0.4) is 0 Å². The van der Waals surface area contributed by atoms with E-state index in [1.54, 1.807) is 49.6 Å². The van der Waals surface area contributed by atoms with Crippen molar-refractivity contribution in [3.8, 4) is 23.0 Å². The molecular weight excluding hydrogens is 449 g/mol. The SMILES string of the molecule is COc1cccc(NC(=O)CC2=C(C)/C(=C/c3cc(OC)c(O)c(OC)c3)c3ccc(F)cc32)c1. The minimum Gasteiger partial charge on any atom is -0.502 e. The summed E-state index contributed by atoms with van der Waals surface area (Å²) in [6.45, 7) is 1.91. The average molecular weight is 476 g/mol. The number of nitrogens with one attached hydrogen (secondary N) is 1. The van der Waals surface area contributed by atoms with E-state index in [1.807, 2.05) is 13.0 Å². The van der Waals surface area contributed by atoms with E-state index >= 15 is 0 Å². The molecular formula is C28H26FNO5. The van der Waals surface area contributed by atoms with E-state index in [0.717, 1.165) is 27.8 Å². The lowest BCUT2D eigenvalue weighted by molar-refractivity contribution is -0.115. The van der Waals surface area contributed by atoms with Gasteiger partial charge in [-0.15, -0.1) is 0 Å². The predicted octanol–water partition coefficient (Wildman–Crippen LogP) is 5.91. The average Bonchev–Trinajstić information content (AvgIpc) is 3.09. The molecule has 0 saturated heterocycles. The molecule has 0 saturated carbocycles. The Hall–Kier alpha value is -4.26. The summed E-state index contributed by atoms with van der Waals surface area (Å²) in [6.07, 6.45) is 1.97. The fourth-order valence-corrected chi connectivity index (χ4v) is 4.21. The van der Waals surface area contributed by atoms with Crippen LogP contribution in [0.2, 0.25) is 0 Å². The molecule has 0 heterocycles. The van der Waals surface area contributed by atoms with E-state index < -0.39 is 0 Å². The molecule has 0 bridgehead atoms. The van der Waals surface area contributed by atoms with Gasteiger partial charge in [-0.25, -0.2) is 4.39 Å². The number of phenolic OH excluding ortho intramolecular Hbond substituents is 1. The van der Waals surface area contributed by atoms with Gasteiger partial charge >= 0.3 is 0 Å². The van der Waals surface area contributed by atoms with Crippen LogP contribution in [0, 0.1) is 5.82 Å². The number of methoxy groups -OCH3 is 3. The van der Waals surface area contributed by atoms with Crippen molar-refractivity contribution >= 4 is 28.8 Å². The number of anilines is 1. The summed E-state index contributed by atoms with van der Waals surface area (Å²) in [4.78, 5) is 12.9. The lowest BCUT2D eigenvalue weighted by Crippen LogP contribution is -2.12. The van der Waals surface area contributed by atoms with Gasteiger partial charge in [0.25, 0.3) is 0 Å². The first-order chi connectivity index (χ1) is 16.8. The summed E-state index contributed by atoms with van der Waals surface area (Å²) in [5.41, 5.74) is 5.28. The second kappa shape index (κ2) is 9.93. The molecule has 0 radical (unpaired) electrons. The molecule has 0 spiro atoms. The van der Waals surface area contributed by atoms with Crippen molar-refractivity contribution in [3.63, 3.8) is 0 Å². The number of halogens is 1. The molecule has 0 atom stereocenters. The second-order valence-corrected chi connectivity index (χ2v) is 8.08. The highest BCUT2D eigenvalue weighted by atomic mass is 19.1. The molecule has 35 heavy (non-hydrogen) atoms. The summed E-state index contributed by atoms with van der Waals surface area (Å²) in [5, 5.41) is 13.1. The van der Waals surface area contributed by atoms with E-state index in [4.69, 9.17) is 14.2 Å². The quantitative estimate of drug-likeness (QED) is 0.444. The predicted molar refractivity (Wildman–Crippen MR) is 134 cm³/mol. The van der Waals surface area contributed by atoms with Gasteiger partial charge in [-0.2, -0.15) is 0 Å². The first kappa shape index (κ1) is 23.9. The van der Waals surface area contributed by atoms with Gasteiger partial charge in [0.2, 0.25) is 11.7 Å². The van der Waals surface area contributed by atoms with Gasteiger partial charge in [0.1, 0.15) is 11.6 Å². The zero-order valence-electron chi connectivity index (χ0n) is 19.9. The zero-order valence-corrected chi connectivity index (χ0v) is 19.9. The molecule has 1 aliphatic rings. The third-order valence-electron chi connectivity index (χ3n) is 5.96. The molecule has 6 nitrogen and oxygen atoms in total. The summed E-state index contributed by atoms with van der Waals surface area (Å²) in [5.74, 6) is 0.485. The number of carbonyl (C=O) groups is 1. The molecule has 1 amide bonds. The van der Waals surface area contributed by atoms with E-state index in [2.05, 4.69) is 5.32 Å². The molecule has 3 aromatic rings. The fourth-order valence-electron chi connectivity index (χ4n) is 4.21. The van der Waals surface area contributed by atoms with Crippen LogP contribution >= 0.6 is 0 Å². The van der Waals surface area contributed by atoms with Gasteiger partial charge in [-0.3, -0.25) is 4.79 Å². The molecule has 0 fully saturated rings. The van der Waals surface area contributed by atoms with Crippen LogP contribution in [0.25, 0.3) is 17.2 Å². The molecule has 0 aliphatic heterocycles. The highest BCUT2D eigenvalue weighted by Crippen LogP contribution is 2.45. The van der Waals surface area contributed by atoms with Crippen LogP contribution in [-0.2, 0) is 4.79 Å². The Balaban J connectivity index is 1.72. The van der Waals surface area contributed by atoms with Crippen molar-refractivity contribution < 1.29 is 28.5 Å². The lowest BCUT2D eigenvalue weighted by Gasteiger charge is -2.11. The van der Waals surface area contributed by atoms with Crippen molar-refractivity contribution in [1.82, 2.24) is 0 Å². The highest BCUT2D eigenvalue weighted by molar-refractivity contribution is 6.10. The van der Waals surface area contributed by atoms with Crippen LogP contribution in [0.4, 0.5) is 10.1 Å². The monoisotopic (exact) mass is 475 g/mol. The number of benzene rings is 3. The van der Waals surface area contributed by atoms with Crippen LogP contribution in [-0.4, -0.2) is 32.3 Å². The Morgan fingerprint density at radius 2 is 1.69 bits per heavy atom. The Morgan fingerprint density at radius 1 is 0.971 bits per heavy atom. The number of hydrogen-bond acceptors (Lipinski definition) is 5. The summed E-state index contributed by atoms with van der Waals surface area (Å²) in [6, 6.07) is 15.0. The number of hydrogen-bond donors (Lipinski definition) is 2. The van der Waals surface area contributed by atoms with E-state index in [1.165, 1.54) is 26.4 Å². The molecule has 4 rings (SSSR count). The smallest absolute Gasteiger partial charge is 0.228 e. The van der Waals surface area contributed by atoms with E-state index in [-0.39, 0.29) is 35.4 Å². The number of fused-ring (bicyclic) bond motifs is 1. The lowest BCUT2D eigenvalue weighted by atomic mass is 10.00. The zero-order chi connectivity index (χ0) is 25.1. The summed E-state index contributed by atoms with van der Waals surface area (Å²) >= 11 is 0. The number of aromatic hydroxyl groups is 1. The summed E-state index contributed by atoms with van der Waals surface area (Å²) in [7, 11) is 4.48. The topological polar surface area (TPSA) is 77.0 Å². The largest absolute Gasteiger partial charge is 0.502 e.